The maximum Gasteiger partial charge on any atom is 0.407 e. The Balaban J connectivity index is 0.000000153. The van der Waals surface area contributed by atoms with Crippen LogP contribution in [0.4, 0.5) is 71.8 Å². The second-order valence-corrected chi connectivity index (χ2v) is 23.3. The highest BCUT2D eigenvalue weighted by molar-refractivity contribution is 6.34. The summed E-state index contributed by atoms with van der Waals surface area (Å²) in [6.07, 6.45) is 6.30. The van der Waals surface area contributed by atoms with Crippen LogP contribution in [0.2, 0.25) is 5.02 Å². The number of nitrogens with zero attached hydrogens (tertiary/aromatic N) is 8. The summed E-state index contributed by atoms with van der Waals surface area (Å²) in [5, 5.41) is 2.97. The SMILES string of the molecule is [C-]#[N+]c1ccc(N(C)[C@H](C)CC)cc1C(F)(F)F.[C-]#[N+]c1ccc(N2C3CCC2CC(C)(C)C3)c(C)c1Cl.[C-]#[N+]c1ccc(N2C3CCC2CC(C)C3)c2ccccc12.[C-]#[N+]c1ccc(N2CCCC[C@@H]2CC)cc1C(F)(F)F. The number of piperidine rings is 3. The molecule has 5 aromatic carbocycles. The van der Waals surface area contributed by atoms with E-state index in [4.69, 9.17) is 37.9 Å². The first-order chi connectivity index (χ1) is 37.5. The molecule has 6 atom stereocenters. The predicted octanol–water partition coefficient (Wildman–Crippen LogP) is 20.0. The Kier molecular flexibility index (Phi) is 19.2. The van der Waals surface area contributed by atoms with Gasteiger partial charge in [0.2, 0.25) is 5.69 Å². The summed E-state index contributed by atoms with van der Waals surface area (Å²) < 4.78 is 77.4. The lowest BCUT2D eigenvalue weighted by molar-refractivity contribution is -0.137. The lowest BCUT2D eigenvalue weighted by Crippen LogP contribution is -2.46. The molecule has 15 heteroatoms. The highest BCUT2D eigenvalue weighted by Crippen LogP contribution is 2.50. The van der Waals surface area contributed by atoms with Crippen molar-refractivity contribution in [3.8, 4) is 0 Å². The largest absolute Gasteiger partial charge is 0.407 e. The molecule has 0 amide bonds. The molecular formula is C64H73ClF6N8. The molecule has 0 aliphatic carbocycles. The van der Waals surface area contributed by atoms with Gasteiger partial charge in [-0.1, -0.05) is 94.8 Å². The molecule has 5 aliphatic heterocycles. The first kappa shape index (κ1) is 60.0. The third kappa shape index (κ3) is 13.5. The molecule has 4 unspecified atom stereocenters. The van der Waals surface area contributed by atoms with E-state index in [-0.39, 0.29) is 17.4 Å². The van der Waals surface area contributed by atoms with Gasteiger partial charge < -0.3 is 19.6 Å². The van der Waals surface area contributed by atoms with E-state index in [1.807, 2.05) is 43.9 Å². The lowest BCUT2D eigenvalue weighted by Gasteiger charge is -2.45. The van der Waals surface area contributed by atoms with Crippen molar-refractivity contribution in [2.75, 3.05) is 33.2 Å². The van der Waals surface area contributed by atoms with Crippen LogP contribution in [0.25, 0.3) is 30.2 Å². The second kappa shape index (κ2) is 25.2. The Bertz CT molecular complexity index is 3090. The predicted molar refractivity (Wildman–Crippen MR) is 311 cm³/mol. The van der Waals surface area contributed by atoms with Gasteiger partial charge in [-0.05, 0) is 161 Å². The van der Waals surface area contributed by atoms with Gasteiger partial charge in [0.15, 0.2) is 17.1 Å². The van der Waals surface area contributed by atoms with E-state index in [2.05, 4.69) is 87.2 Å². The van der Waals surface area contributed by atoms with Crippen LogP contribution < -0.4 is 19.6 Å². The number of hydrogen-bond donors (Lipinski definition) is 0. The zero-order valence-electron chi connectivity index (χ0n) is 46.7. The van der Waals surface area contributed by atoms with Gasteiger partial charge in [0.1, 0.15) is 0 Å². The van der Waals surface area contributed by atoms with Crippen molar-refractivity contribution in [2.45, 2.75) is 181 Å². The van der Waals surface area contributed by atoms with Crippen LogP contribution in [0.3, 0.4) is 0 Å². The van der Waals surface area contributed by atoms with Crippen molar-refractivity contribution >= 4 is 67.9 Å². The van der Waals surface area contributed by atoms with Crippen LogP contribution >= 0.6 is 11.6 Å². The molecule has 5 fully saturated rings. The fourth-order valence-corrected chi connectivity index (χ4v) is 13.2. The molecule has 0 spiro atoms. The van der Waals surface area contributed by atoms with E-state index in [1.54, 1.807) is 24.1 Å². The van der Waals surface area contributed by atoms with Gasteiger partial charge >= 0.3 is 12.4 Å². The van der Waals surface area contributed by atoms with Crippen LogP contribution in [0.5, 0.6) is 0 Å². The maximum absolute atomic E-state index is 13.0. The average molecular weight is 1100 g/mol. The molecule has 5 aliphatic rings. The summed E-state index contributed by atoms with van der Waals surface area (Å²) in [5.74, 6) is 0.854. The standard InChI is InChI=1S/C19H20N2.C17H21ClN2.C15H17F3N2.C13H15F3N2/c1-13-11-14-7-8-15(12-13)21(14)19-10-9-18(20-2)16-5-3-4-6-17(16)19;1-11-15(8-7-14(19-4)16(11)18)20-12-5-6-13(20)10-17(2,3)9-12;1-3-11-6-4-5-9-20(11)12-7-8-14(19-2)13(10-12)15(16,17)18;1-5-9(2)18(4)10-6-7-12(17-3)11(8-10)13(14,15)16/h3-6,9-10,13-15H,7-8,11-12H2,1H3;7-8,12-13H,5-6,9-10H2,1-3H3;7-8,10-11H,3-6,9H2,1H3;6-9H,5H2,1-2,4H3/t;;11-;9-/m..01/s1. The zero-order valence-corrected chi connectivity index (χ0v) is 47.5. The van der Waals surface area contributed by atoms with Gasteiger partial charge in [0.25, 0.3) is 0 Å². The molecule has 0 aromatic heterocycles. The van der Waals surface area contributed by atoms with Crippen molar-refractivity contribution in [3.63, 3.8) is 0 Å². The Morgan fingerprint density at radius 1 is 0.658 bits per heavy atom. The van der Waals surface area contributed by atoms with Crippen molar-refractivity contribution in [3.05, 3.63) is 152 Å². The third-order valence-corrected chi connectivity index (χ3v) is 17.6. The van der Waals surface area contributed by atoms with Crippen molar-refractivity contribution in [1.82, 2.24) is 0 Å². The van der Waals surface area contributed by atoms with Gasteiger partial charge in [0.05, 0.1) is 42.4 Å². The van der Waals surface area contributed by atoms with Crippen LogP contribution in [0, 0.1) is 44.5 Å². The minimum absolute atomic E-state index is 0.143. The maximum atomic E-state index is 13.0. The van der Waals surface area contributed by atoms with E-state index in [0.29, 0.717) is 57.7 Å². The molecule has 418 valence electrons. The number of halogens is 7. The monoisotopic (exact) mass is 1100 g/mol. The number of fused-ring (bicyclic) bond motifs is 5. The van der Waals surface area contributed by atoms with E-state index < -0.39 is 23.5 Å². The van der Waals surface area contributed by atoms with Gasteiger partial charge in [-0.15, -0.1) is 0 Å². The average Bonchev–Trinajstić information content (AvgIpc) is 4.00. The third-order valence-electron chi connectivity index (χ3n) is 17.1. The van der Waals surface area contributed by atoms with Crippen molar-refractivity contribution in [1.29, 1.82) is 0 Å². The van der Waals surface area contributed by atoms with E-state index >= 15 is 0 Å². The van der Waals surface area contributed by atoms with E-state index in [1.165, 1.54) is 80.3 Å². The quantitative estimate of drug-likeness (QED) is 0.120. The van der Waals surface area contributed by atoms with Gasteiger partial charge in [-0.25, -0.2) is 19.4 Å². The number of hydrogen-bond acceptors (Lipinski definition) is 4. The fourth-order valence-electron chi connectivity index (χ4n) is 13.0. The first-order valence-electron chi connectivity index (χ1n) is 27.8. The Labute approximate surface area is 469 Å². The molecular weight excluding hydrogens is 1030 g/mol. The van der Waals surface area contributed by atoms with Crippen LogP contribution in [0.1, 0.15) is 142 Å². The summed E-state index contributed by atoms with van der Waals surface area (Å²) in [6.45, 7) is 44.1. The molecule has 5 saturated heterocycles. The fraction of sp³-hybridized carbons (Fsp3) is 0.500. The van der Waals surface area contributed by atoms with Crippen molar-refractivity contribution in [2.24, 2.45) is 11.3 Å². The first-order valence-corrected chi connectivity index (χ1v) is 28.2. The van der Waals surface area contributed by atoms with Crippen LogP contribution in [0.15, 0.2) is 84.9 Å². The molecule has 5 heterocycles. The number of anilines is 4. The zero-order chi connectivity index (χ0) is 57.6. The number of alkyl halides is 6. The summed E-state index contributed by atoms with van der Waals surface area (Å²) in [5.41, 5.74) is 4.12. The second-order valence-electron chi connectivity index (χ2n) is 22.9. The van der Waals surface area contributed by atoms with Gasteiger partial charge in [0, 0.05) is 72.6 Å². The summed E-state index contributed by atoms with van der Waals surface area (Å²) in [7, 11) is 1.75. The highest BCUT2D eigenvalue weighted by atomic mass is 35.5. The van der Waals surface area contributed by atoms with Crippen molar-refractivity contribution < 1.29 is 26.3 Å². The Hall–Kier alpha value is -6.61. The molecule has 4 bridgehead atoms. The van der Waals surface area contributed by atoms with Crippen LogP contribution in [-0.4, -0.2) is 49.8 Å². The Morgan fingerprint density at radius 2 is 1.16 bits per heavy atom. The summed E-state index contributed by atoms with van der Waals surface area (Å²) in [4.78, 5) is 22.1. The lowest BCUT2D eigenvalue weighted by atomic mass is 9.78. The highest BCUT2D eigenvalue weighted by Gasteiger charge is 2.45. The van der Waals surface area contributed by atoms with Crippen LogP contribution in [-0.2, 0) is 12.4 Å². The topological polar surface area (TPSA) is 30.4 Å². The molecule has 0 saturated carbocycles. The normalized spacial score (nSPS) is 22.3. The Morgan fingerprint density at radius 3 is 1.72 bits per heavy atom. The summed E-state index contributed by atoms with van der Waals surface area (Å²) in [6, 6.07) is 27.5. The van der Waals surface area contributed by atoms with E-state index in [0.717, 1.165) is 73.3 Å². The summed E-state index contributed by atoms with van der Waals surface area (Å²) >= 11 is 6.35. The molecule has 10 rings (SSSR count). The minimum Gasteiger partial charge on any atom is -0.372 e. The molecule has 8 nitrogen and oxygen atoms in total. The minimum atomic E-state index is -4.49. The molecule has 0 radical (unpaired) electrons. The number of benzene rings is 5. The molecule has 5 aromatic rings. The number of rotatable bonds is 7. The molecule has 0 N–H and O–H groups in total. The molecule has 79 heavy (non-hydrogen) atoms. The van der Waals surface area contributed by atoms with E-state index in [9.17, 15) is 26.3 Å². The smallest absolute Gasteiger partial charge is 0.372 e. The van der Waals surface area contributed by atoms with Gasteiger partial charge in [-0.2, -0.15) is 26.3 Å². The van der Waals surface area contributed by atoms with Gasteiger partial charge in [-0.3, -0.25) is 0 Å².